The van der Waals surface area contributed by atoms with E-state index >= 15 is 0 Å². The summed E-state index contributed by atoms with van der Waals surface area (Å²) in [5, 5.41) is 0. The van der Waals surface area contributed by atoms with Gasteiger partial charge in [0.15, 0.2) is 5.78 Å². The highest BCUT2D eigenvalue weighted by molar-refractivity contribution is 6.09. The van der Waals surface area contributed by atoms with Crippen LogP contribution in [0, 0.1) is 18.6 Å². The first-order valence-electron chi connectivity index (χ1n) is 5.35. The third kappa shape index (κ3) is 2.09. The second-order valence-corrected chi connectivity index (χ2v) is 4.01. The quantitative estimate of drug-likeness (QED) is 0.654. The molecule has 2 N–H and O–H groups in total. The Balaban J connectivity index is 2.56. The Labute approximate surface area is 103 Å². The molecule has 0 saturated heterocycles. The lowest BCUT2D eigenvalue weighted by molar-refractivity contribution is 0.103. The number of carbonyl (C=O) groups is 1. The topological polar surface area (TPSA) is 43.1 Å². The van der Waals surface area contributed by atoms with E-state index in [0.717, 1.165) is 6.07 Å². The average molecular weight is 247 g/mol. The van der Waals surface area contributed by atoms with Crippen LogP contribution in [0.5, 0.6) is 0 Å². The molecule has 0 radical (unpaired) electrons. The summed E-state index contributed by atoms with van der Waals surface area (Å²) in [5.41, 5.74) is 5.76. The van der Waals surface area contributed by atoms with Gasteiger partial charge in [-0.25, -0.2) is 8.78 Å². The first-order chi connectivity index (χ1) is 8.50. The molecule has 0 saturated carbocycles. The predicted molar refractivity (Wildman–Crippen MR) is 65.4 cm³/mol. The maximum absolute atomic E-state index is 13.8. The van der Waals surface area contributed by atoms with Gasteiger partial charge in [-0.05, 0) is 30.7 Å². The van der Waals surface area contributed by atoms with Crippen molar-refractivity contribution in [3.05, 3.63) is 64.7 Å². The highest BCUT2D eigenvalue weighted by Crippen LogP contribution is 2.20. The third-order valence-corrected chi connectivity index (χ3v) is 2.66. The lowest BCUT2D eigenvalue weighted by Crippen LogP contribution is -2.09. The molecule has 0 spiro atoms. The molecule has 0 unspecified atom stereocenters. The van der Waals surface area contributed by atoms with Crippen LogP contribution in [0.3, 0.4) is 0 Å². The Bertz CT molecular complexity index is 623. The number of rotatable bonds is 2. The van der Waals surface area contributed by atoms with Crippen LogP contribution in [-0.4, -0.2) is 5.78 Å². The summed E-state index contributed by atoms with van der Waals surface area (Å²) < 4.78 is 27.4. The number of benzene rings is 2. The molecule has 2 aromatic rings. The van der Waals surface area contributed by atoms with Gasteiger partial charge in [-0.1, -0.05) is 18.2 Å². The standard InChI is InChI=1S/C14H11F2NO/c1-8-5-6-11(15)12(13(8)16)14(18)9-3-2-4-10(17)7-9/h2-7H,17H2,1H3. The SMILES string of the molecule is Cc1ccc(F)c(C(=O)c2cccc(N)c2)c1F. The number of nitrogens with two attached hydrogens (primary N) is 1. The zero-order valence-corrected chi connectivity index (χ0v) is 9.71. The van der Waals surface area contributed by atoms with Crippen molar-refractivity contribution >= 4 is 11.5 Å². The normalized spacial score (nSPS) is 10.4. The van der Waals surface area contributed by atoms with Crippen molar-refractivity contribution in [1.29, 1.82) is 0 Å². The molecule has 4 heteroatoms. The predicted octanol–water partition coefficient (Wildman–Crippen LogP) is 3.09. The number of hydrogen-bond donors (Lipinski definition) is 1. The van der Waals surface area contributed by atoms with Crippen molar-refractivity contribution in [2.24, 2.45) is 0 Å². The summed E-state index contributed by atoms with van der Waals surface area (Å²) in [6, 6.07) is 8.40. The Morgan fingerprint density at radius 1 is 1.17 bits per heavy atom. The summed E-state index contributed by atoms with van der Waals surface area (Å²) in [5.74, 6) is -2.41. The zero-order valence-electron chi connectivity index (χ0n) is 9.71. The Morgan fingerprint density at radius 2 is 1.89 bits per heavy atom. The molecule has 92 valence electrons. The van der Waals surface area contributed by atoms with Crippen molar-refractivity contribution in [2.75, 3.05) is 5.73 Å². The van der Waals surface area contributed by atoms with Gasteiger partial charge < -0.3 is 5.73 Å². The van der Waals surface area contributed by atoms with Gasteiger partial charge >= 0.3 is 0 Å². The molecule has 18 heavy (non-hydrogen) atoms. The molecular formula is C14H11F2NO. The van der Waals surface area contributed by atoms with E-state index in [1.807, 2.05) is 0 Å². The lowest BCUT2D eigenvalue weighted by Gasteiger charge is -2.07. The highest BCUT2D eigenvalue weighted by Gasteiger charge is 2.20. The summed E-state index contributed by atoms with van der Waals surface area (Å²) in [4.78, 5) is 12.1. The Hall–Kier alpha value is -2.23. The second-order valence-electron chi connectivity index (χ2n) is 4.01. The zero-order chi connectivity index (χ0) is 13.3. The Kier molecular flexibility index (Phi) is 3.10. The van der Waals surface area contributed by atoms with Crippen LogP contribution in [0.15, 0.2) is 36.4 Å². The van der Waals surface area contributed by atoms with Crippen LogP contribution in [-0.2, 0) is 0 Å². The molecule has 0 heterocycles. The molecule has 2 nitrogen and oxygen atoms in total. The molecule has 2 aromatic carbocycles. The van der Waals surface area contributed by atoms with E-state index in [1.165, 1.54) is 25.1 Å². The molecule has 0 aliphatic heterocycles. The van der Waals surface area contributed by atoms with Gasteiger partial charge in [0.2, 0.25) is 0 Å². The summed E-state index contributed by atoms with van der Waals surface area (Å²) >= 11 is 0. The van der Waals surface area contributed by atoms with Crippen LogP contribution >= 0.6 is 0 Å². The Morgan fingerprint density at radius 3 is 2.56 bits per heavy atom. The number of anilines is 1. The minimum atomic E-state index is -0.870. The molecule has 0 aromatic heterocycles. The minimum Gasteiger partial charge on any atom is -0.399 e. The van der Waals surface area contributed by atoms with Crippen LogP contribution in [0.4, 0.5) is 14.5 Å². The van der Waals surface area contributed by atoms with Gasteiger partial charge in [-0.2, -0.15) is 0 Å². The minimum absolute atomic E-state index is 0.165. The van der Waals surface area contributed by atoms with Gasteiger partial charge in [-0.3, -0.25) is 4.79 Å². The van der Waals surface area contributed by atoms with Gasteiger partial charge in [0.25, 0.3) is 0 Å². The fraction of sp³-hybridized carbons (Fsp3) is 0.0714. The summed E-state index contributed by atoms with van der Waals surface area (Å²) in [6.07, 6.45) is 0. The lowest BCUT2D eigenvalue weighted by atomic mass is 10.00. The fourth-order valence-electron chi connectivity index (χ4n) is 1.69. The van der Waals surface area contributed by atoms with Crippen LogP contribution < -0.4 is 5.73 Å². The van der Waals surface area contributed by atoms with Crippen molar-refractivity contribution < 1.29 is 13.6 Å². The number of halogens is 2. The van der Waals surface area contributed by atoms with E-state index in [9.17, 15) is 13.6 Å². The molecule has 0 aliphatic rings. The van der Waals surface area contributed by atoms with Gasteiger partial charge in [0.05, 0.1) is 5.56 Å². The van der Waals surface area contributed by atoms with Crippen molar-refractivity contribution in [1.82, 2.24) is 0 Å². The van der Waals surface area contributed by atoms with Crippen LogP contribution in [0.2, 0.25) is 0 Å². The number of hydrogen-bond acceptors (Lipinski definition) is 2. The van der Waals surface area contributed by atoms with Gasteiger partial charge in [0, 0.05) is 11.3 Å². The second kappa shape index (κ2) is 4.56. The molecule has 0 bridgehead atoms. The van der Waals surface area contributed by atoms with Crippen LogP contribution in [0.25, 0.3) is 0 Å². The van der Waals surface area contributed by atoms with Gasteiger partial charge in [0.1, 0.15) is 11.6 Å². The molecule has 0 fully saturated rings. The average Bonchev–Trinajstić information content (AvgIpc) is 2.34. The van der Waals surface area contributed by atoms with Crippen LogP contribution in [0.1, 0.15) is 21.5 Å². The largest absolute Gasteiger partial charge is 0.399 e. The monoisotopic (exact) mass is 247 g/mol. The van der Waals surface area contributed by atoms with Crippen molar-refractivity contribution in [3.63, 3.8) is 0 Å². The number of aryl methyl sites for hydroxylation is 1. The van der Waals surface area contributed by atoms with E-state index in [0.29, 0.717) is 5.69 Å². The number of ketones is 1. The van der Waals surface area contributed by atoms with E-state index in [2.05, 4.69) is 0 Å². The first-order valence-corrected chi connectivity index (χ1v) is 5.35. The fourth-order valence-corrected chi connectivity index (χ4v) is 1.69. The number of nitrogen functional groups attached to an aromatic ring is 1. The first kappa shape index (κ1) is 12.2. The smallest absolute Gasteiger partial charge is 0.199 e. The molecule has 0 aliphatic carbocycles. The van der Waals surface area contributed by atoms with E-state index in [1.54, 1.807) is 12.1 Å². The van der Waals surface area contributed by atoms with E-state index < -0.39 is 23.0 Å². The summed E-state index contributed by atoms with van der Waals surface area (Å²) in [6.45, 7) is 1.48. The third-order valence-electron chi connectivity index (χ3n) is 2.66. The molecular weight excluding hydrogens is 236 g/mol. The molecule has 0 amide bonds. The highest BCUT2D eigenvalue weighted by atomic mass is 19.1. The molecule has 2 rings (SSSR count). The number of carbonyl (C=O) groups excluding carboxylic acids is 1. The van der Waals surface area contributed by atoms with Crippen molar-refractivity contribution in [2.45, 2.75) is 6.92 Å². The van der Waals surface area contributed by atoms with E-state index in [4.69, 9.17) is 5.73 Å². The van der Waals surface area contributed by atoms with E-state index in [-0.39, 0.29) is 11.1 Å². The maximum Gasteiger partial charge on any atom is 0.199 e. The van der Waals surface area contributed by atoms with Crippen molar-refractivity contribution in [3.8, 4) is 0 Å². The van der Waals surface area contributed by atoms with Gasteiger partial charge in [-0.15, -0.1) is 0 Å². The summed E-state index contributed by atoms with van der Waals surface area (Å²) in [7, 11) is 0. The molecule has 0 atom stereocenters. The maximum atomic E-state index is 13.8.